The number of likely N-dealkylation sites (tertiary alicyclic amines) is 1. The van der Waals surface area contributed by atoms with Crippen molar-refractivity contribution < 1.29 is 17.5 Å². The van der Waals surface area contributed by atoms with E-state index in [2.05, 4.69) is 9.97 Å². The van der Waals surface area contributed by atoms with Gasteiger partial charge in [-0.1, -0.05) is 18.2 Å². The largest absolute Gasteiger partial charge is 0.463 e. The van der Waals surface area contributed by atoms with Crippen molar-refractivity contribution in [2.45, 2.75) is 17.7 Å². The summed E-state index contributed by atoms with van der Waals surface area (Å²) in [6.07, 6.45) is 3.74. The quantitative estimate of drug-likeness (QED) is 0.790. The van der Waals surface area contributed by atoms with Crippen molar-refractivity contribution >= 4 is 9.84 Å². The van der Waals surface area contributed by atoms with Crippen LogP contribution in [0.15, 0.2) is 42.7 Å². The van der Waals surface area contributed by atoms with Crippen LogP contribution < -0.4 is 4.74 Å². The standard InChI is InChI=1S/C18H20FN3O3S/c19-16-5-2-1-4-14(16)10-22-12-18(13-22)15(6-9-26(18,23)24)11-25-17-20-7-3-8-21-17/h1-5,7-8,15H,6,9-13H2. The van der Waals surface area contributed by atoms with E-state index in [4.69, 9.17) is 4.74 Å². The molecule has 8 heteroatoms. The van der Waals surface area contributed by atoms with Gasteiger partial charge in [0.25, 0.3) is 0 Å². The Hall–Kier alpha value is -2.06. The number of sulfone groups is 1. The molecule has 1 aromatic heterocycles. The summed E-state index contributed by atoms with van der Waals surface area (Å²) in [5.74, 6) is -0.193. The Kier molecular flexibility index (Phi) is 4.40. The molecule has 1 aromatic carbocycles. The Morgan fingerprint density at radius 2 is 1.92 bits per heavy atom. The van der Waals surface area contributed by atoms with Crippen molar-refractivity contribution in [3.63, 3.8) is 0 Å². The molecule has 0 aliphatic carbocycles. The molecule has 3 heterocycles. The smallest absolute Gasteiger partial charge is 0.316 e. The van der Waals surface area contributed by atoms with Crippen LogP contribution in [0.1, 0.15) is 12.0 Å². The number of hydrogen-bond acceptors (Lipinski definition) is 6. The molecule has 1 spiro atoms. The normalized spacial score (nSPS) is 23.7. The van der Waals surface area contributed by atoms with Crippen LogP contribution in [0.5, 0.6) is 6.01 Å². The molecule has 26 heavy (non-hydrogen) atoms. The van der Waals surface area contributed by atoms with Gasteiger partial charge in [-0.2, -0.15) is 0 Å². The lowest BCUT2D eigenvalue weighted by molar-refractivity contribution is 0.0564. The molecule has 2 aliphatic rings. The topological polar surface area (TPSA) is 72.4 Å². The van der Waals surface area contributed by atoms with Crippen molar-refractivity contribution in [3.05, 3.63) is 54.1 Å². The second kappa shape index (κ2) is 6.59. The van der Waals surface area contributed by atoms with E-state index in [1.807, 2.05) is 4.90 Å². The van der Waals surface area contributed by atoms with Crippen LogP contribution in [0.3, 0.4) is 0 Å². The molecule has 2 aliphatic heterocycles. The van der Waals surface area contributed by atoms with Crippen molar-refractivity contribution in [3.8, 4) is 6.01 Å². The predicted molar refractivity (Wildman–Crippen MR) is 93.8 cm³/mol. The number of benzene rings is 1. The third kappa shape index (κ3) is 2.97. The number of nitrogens with zero attached hydrogens (tertiary/aromatic N) is 3. The molecule has 0 saturated carbocycles. The van der Waals surface area contributed by atoms with E-state index >= 15 is 0 Å². The van der Waals surface area contributed by atoms with Crippen molar-refractivity contribution in [2.75, 3.05) is 25.4 Å². The summed E-state index contributed by atoms with van der Waals surface area (Å²) in [5.41, 5.74) is 0.586. The number of hydrogen-bond donors (Lipinski definition) is 0. The summed E-state index contributed by atoms with van der Waals surface area (Å²) in [6.45, 7) is 1.51. The zero-order chi connectivity index (χ0) is 18.2. The van der Waals surface area contributed by atoms with Gasteiger partial charge in [-0.25, -0.2) is 22.8 Å². The Morgan fingerprint density at radius 3 is 2.65 bits per heavy atom. The van der Waals surface area contributed by atoms with Gasteiger partial charge in [0.15, 0.2) is 9.84 Å². The second-order valence-electron chi connectivity index (χ2n) is 6.95. The van der Waals surface area contributed by atoms with Crippen LogP contribution in [-0.2, 0) is 16.4 Å². The maximum atomic E-state index is 13.8. The number of rotatable bonds is 5. The number of ether oxygens (including phenoxy) is 1. The fourth-order valence-electron chi connectivity index (χ4n) is 3.93. The minimum atomic E-state index is -3.19. The Morgan fingerprint density at radius 1 is 1.19 bits per heavy atom. The highest BCUT2D eigenvalue weighted by molar-refractivity contribution is 7.93. The van der Waals surface area contributed by atoms with Crippen LogP contribution in [0.25, 0.3) is 0 Å². The van der Waals surface area contributed by atoms with E-state index in [9.17, 15) is 12.8 Å². The molecule has 2 fully saturated rings. The summed E-state index contributed by atoms with van der Waals surface area (Å²) in [6, 6.07) is 8.55. The average molecular weight is 377 g/mol. The second-order valence-corrected chi connectivity index (χ2v) is 9.40. The zero-order valence-electron chi connectivity index (χ0n) is 14.2. The van der Waals surface area contributed by atoms with Crippen molar-refractivity contribution in [2.24, 2.45) is 5.92 Å². The highest BCUT2D eigenvalue weighted by atomic mass is 32.2. The maximum absolute atomic E-state index is 13.8. The summed E-state index contributed by atoms with van der Waals surface area (Å²) < 4.78 is 44.0. The van der Waals surface area contributed by atoms with Crippen LogP contribution in [0, 0.1) is 11.7 Å². The number of halogens is 1. The molecule has 1 atom stereocenters. The fourth-order valence-corrected chi connectivity index (χ4v) is 6.39. The summed E-state index contributed by atoms with van der Waals surface area (Å²) in [4.78, 5) is 10.0. The van der Waals surface area contributed by atoms with E-state index in [0.29, 0.717) is 31.6 Å². The lowest BCUT2D eigenvalue weighted by Gasteiger charge is -2.50. The molecule has 0 radical (unpaired) electrons. The van der Waals surface area contributed by atoms with E-state index in [1.54, 1.807) is 36.7 Å². The van der Waals surface area contributed by atoms with Gasteiger partial charge in [-0.15, -0.1) is 0 Å². The first-order valence-corrected chi connectivity index (χ1v) is 10.2. The highest BCUT2D eigenvalue weighted by Crippen LogP contribution is 2.45. The van der Waals surface area contributed by atoms with Gasteiger partial charge in [0.05, 0.1) is 12.4 Å². The van der Waals surface area contributed by atoms with Gasteiger partial charge in [0.1, 0.15) is 10.6 Å². The molecule has 2 aromatic rings. The third-order valence-corrected chi connectivity index (χ3v) is 7.99. The summed E-state index contributed by atoms with van der Waals surface area (Å²) >= 11 is 0. The summed E-state index contributed by atoms with van der Waals surface area (Å²) in [7, 11) is -3.19. The van der Waals surface area contributed by atoms with Crippen LogP contribution in [-0.4, -0.2) is 53.5 Å². The third-order valence-electron chi connectivity index (χ3n) is 5.39. The maximum Gasteiger partial charge on any atom is 0.316 e. The zero-order valence-corrected chi connectivity index (χ0v) is 15.0. The predicted octanol–water partition coefficient (Wildman–Crippen LogP) is 1.68. The molecule has 4 rings (SSSR count). The molecule has 0 N–H and O–H groups in total. The fraction of sp³-hybridized carbons (Fsp3) is 0.444. The van der Waals surface area contributed by atoms with Gasteiger partial charge in [0.2, 0.25) is 0 Å². The highest BCUT2D eigenvalue weighted by Gasteiger charge is 2.61. The Labute approximate surface area is 151 Å². The first kappa shape index (κ1) is 17.4. The van der Waals surface area contributed by atoms with Gasteiger partial charge in [0, 0.05) is 43.5 Å². The van der Waals surface area contributed by atoms with Gasteiger partial charge < -0.3 is 4.74 Å². The van der Waals surface area contributed by atoms with E-state index in [-0.39, 0.29) is 30.1 Å². The minimum Gasteiger partial charge on any atom is -0.463 e. The lowest BCUT2D eigenvalue weighted by atomic mass is 9.83. The van der Waals surface area contributed by atoms with Gasteiger partial charge >= 0.3 is 6.01 Å². The number of aromatic nitrogens is 2. The molecule has 2 saturated heterocycles. The van der Waals surface area contributed by atoms with E-state index in [1.165, 1.54) is 6.07 Å². The average Bonchev–Trinajstić information content (AvgIpc) is 2.87. The molecular formula is C18H20FN3O3S. The SMILES string of the molecule is O=S1(=O)CCC(COc2ncccn2)C12CN(Cc1ccccc1F)C2. The van der Waals surface area contributed by atoms with Crippen LogP contribution >= 0.6 is 0 Å². The Balaban J connectivity index is 1.44. The Bertz CT molecular complexity index is 886. The first-order valence-electron chi connectivity index (χ1n) is 8.58. The molecule has 6 nitrogen and oxygen atoms in total. The molecule has 1 unspecified atom stereocenters. The van der Waals surface area contributed by atoms with Gasteiger partial charge in [-0.3, -0.25) is 4.90 Å². The van der Waals surface area contributed by atoms with Crippen LogP contribution in [0.4, 0.5) is 4.39 Å². The first-order chi connectivity index (χ1) is 12.5. The summed E-state index contributed by atoms with van der Waals surface area (Å²) in [5, 5.41) is 0. The molecule has 0 bridgehead atoms. The van der Waals surface area contributed by atoms with Crippen molar-refractivity contribution in [1.82, 2.24) is 14.9 Å². The molecule has 0 amide bonds. The van der Waals surface area contributed by atoms with E-state index in [0.717, 1.165) is 0 Å². The lowest BCUT2D eigenvalue weighted by Crippen LogP contribution is -2.67. The van der Waals surface area contributed by atoms with Crippen molar-refractivity contribution in [1.29, 1.82) is 0 Å². The van der Waals surface area contributed by atoms with E-state index < -0.39 is 14.6 Å². The van der Waals surface area contributed by atoms with Gasteiger partial charge in [-0.05, 0) is 18.6 Å². The molecule has 138 valence electrons. The molecular weight excluding hydrogens is 357 g/mol. The monoisotopic (exact) mass is 377 g/mol. The minimum absolute atomic E-state index is 0.104. The van der Waals surface area contributed by atoms with Crippen LogP contribution in [0.2, 0.25) is 0 Å².